The van der Waals surface area contributed by atoms with Gasteiger partial charge in [-0.2, -0.15) is 0 Å². The molecule has 3 aliphatic heterocycles. The van der Waals surface area contributed by atoms with Gasteiger partial charge in [0.1, 0.15) is 61.5 Å². The first-order chi connectivity index (χ1) is 47.6. The van der Waals surface area contributed by atoms with Crippen molar-refractivity contribution in [2.45, 2.75) is 146 Å². The largest absolute Gasteiger partial charge is 0.469 e. The lowest BCUT2D eigenvalue weighted by atomic mass is 9.85. The fourth-order valence-electron chi connectivity index (χ4n) is 12.3. The van der Waals surface area contributed by atoms with E-state index in [0.717, 1.165) is 27.8 Å². The fraction of sp³-hybridized carbons (Fsp3) is 0.342. The van der Waals surface area contributed by atoms with Crippen molar-refractivity contribution in [1.82, 2.24) is 0 Å². The monoisotopic (exact) mass is 1320 g/mol. The third-order valence-corrected chi connectivity index (χ3v) is 17.3. The van der Waals surface area contributed by atoms with Crippen molar-refractivity contribution in [3.05, 3.63) is 287 Å². The molecule has 18 heteroatoms. The van der Waals surface area contributed by atoms with Crippen molar-refractivity contribution in [2.24, 2.45) is 5.92 Å². The van der Waals surface area contributed by atoms with Gasteiger partial charge in [-0.05, 0) is 77.6 Å². The van der Waals surface area contributed by atoms with Gasteiger partial charge in [-0.25, -0.2) is 14.4 Å². The van der Waals surface area contributed by atoms with E-state index >= 15 is 0 Å². The smallest absolute Gasteiger partial charge is 0.338 e. The van der Waals surface area contributed by atoms with Crippen molar-refractivity contribution in [2.75, 3.05) is 20.3 Å². The molecule has 15 atom stereocenters. The number of hydrogen-bond acceptors (Lipinski definition) is 18. The van der Waals surface area contributed by atoms with Crippen LogP contribution in [-0.4, -0.2) is 130 Å². The molecule has 0 N–H and O–H groups in total. The van der Waals surface area contributed by atoms with Crippen LogP contribution in [0.15, 0.2) is 243 Å². The lowest BCUT2D eigenvalue weighted by molar-refractivity contribution is -0.377. The predicted molar refractivity (Wildman–Crippen MR) is 356 cm³/mol. The van der Waals surface area contributed by atoms with Crippen LogP contribution in [-0.2, 0) is 104 Å². The summed E-state index contributed by atoms with van der Waals surface area (Å²) in [5.41, 5.74) is 4.96. The lowest BCUT2D eigenvalue weighted by Gasteiger charge is -2.51. The Morgan fingerprint density at radius 3 is 1.20 bits per heavy atom. The zero-order valence-electron chi connectivity index (χ0n) is 54.5. The van der Waals surface area contributed by atoms with Crippen LogP contribution >= 0.6 is 0 Å². The third kappa shape index (κ3) is 19.1. The van der Waals surface area contributed by atoms with Crippen molar-refractivity contribution in [3.63, 3.8) is 0 Å². The van der Waals surface area contributed by atoms with Crippen molar-refractivity contribution >= 4 is 23.9 Å². The molecule has 8 aromatic rings. The van der Waals surface area contributed by atoms with Gasteiger partial charge in [-0.15, -0.1) is 0 Å². The number of carbonyl (C=O) groups is 4. The Morgan fingerprint density at radius 2 is 0.732 bits per heavy atom. The Bertz CT molecular complexity index is 3650. The van der Waals surface area contributed by atoms with E-state index < -0.39 is 129 Å². The number of hydrogen-bond donors (Lipinski definition) is 0. The van der Waals surface area contributed by atoms with Crippen LogP contribution in [0.2, 0.25) is 0 Å². The minimum Gasteiger partial charge on any atom is -0.469 e. The van der Waals surface area contributed by atoms with E-state index in [1.54, 1.807) is 91.0 Å². The molecule has 11 rings (SSSR count). The summed E-state index contributed by atoms with van der Waals surface area (Å²) in [7, 11) is 1.22. The molecule has 3 aliphatic rings. The lowest BCUT2D eigenvalue weighted by Crippen LogP contribution is -2.67. The van der Waals surface area contributed by atoms with E-state index in [-0.39, 0.29) is 56.3 Å². The summed E-state index contributed by atoms with van der Waals surface area (Å²) in [4.78, 5) is 57.5. The second-order valence-electron chi connectivity index (χ2n) is 24.0. The van der Waals surface area contributed by atoms with Crippen molar-refractivity contribution in [1.29, 1.82) is 0 Å². The molecule has 18 nitrogen and oxygen atoms in total. The quantitative estimate of drug-likeness (QED) is 0.0304. The summed E-state index contributed by atoms with van der Waals surface area (Å²) >= 11 is 0. The Hall–Kier alpha value is -8.76. The molecular formula is C79H82O18. The average Bonchev–Trinajstić information content (AvgIpc) is 0.770. The second-order valence-corrected chi connectivity index (χ2v) is 24.0. The molecule has 0 radical (unpaired) electrons. The Kier molecular flexibility index (Phi) is 25.4. The van der Waals surface area contributed by atoms with Gasteiger partial charge in [0.05, 0.1) is 88.0 Å². The van der Waals surface area contributed by atoms with Gasteiger partial charge in [0.15, 0.2) is 18.7 Å². The second kappa shape index (κ2) is 35.5. The van der Waals surface area contributed by atoms with Crippen LogP contribution in [0.5, 0.6) is 0 Å². The highest BCUT2D eigenvalue weighted by Gasteiger charge is 2.58. The number of methoxy groups -OCH3 is 1. The highest BCUT2D eigenvalue weighted by molar-refractivity contribution is 5.90. The van der Waals surface area contributed by atoms with Gasteiger partial charge in [0.2, 0.25) is 0 Å². The summed E-state index contributed by atoms with van der Waals surface area (Å²) < 4.78 is 96.1. The first-order valence-electron chi connectivity index (χ1n) is 32.9. The topological polar surface area (TPSA) is 197 Å². The van der Waals surface area contributed by atoms with Crippen molar-refractivity contribution < 1.29 is 85.5 Å². The van der Waals surface area contributed by atoms with Crippen LogP contribution in [0, 0.1) is 5.92 Å². The Labute approximate surface area is 565 Å². The van der Waals surface area contributed by atoms with Gasteiger partial charge in [-0.3, -0.25) is 4.79 Å². The van der Waals surface area contributed by atoms with Crippen LogP contribution in [0.3, 0.4) is 0 Å². The highest BCUT2D eigenvalue weighted by Crippen LogP contribution is 2.41. The number of benzene rings is 8. The standard InChI is InChI=1S/C79H82O18/c1-4-63-70(87-48-56-33-17-7-18-34-56)72(88-49-57-35-19-8-20-36-57)74(89-50-58-37-21-9-22-38-58)79(92-63)96-71-64(51-85-46-54-29-13-5-14-30-54)91-53(2)67(86-47-55-31-15-6-16-32-55)73(71)97-78-69(95-77(83)61-43-27-12-28-44-61)62(45-66(80)84-3)68(94-76(82)60-41-25-11-26-42-60)65(93-78)52-90-75(81)59-39-23-10-24-40-59/h5-44,53,62-65,67-74,78-79H,4,45-52H2,1-3H3/t53-,62?,63?,64?,65?,67+,68+,69-,70+,71+,72?,73?,74?,78-,79-/m0/s1. The van der Waals surface area contributed by atoms with E-state index in [1.807, 2.05) is 166 Å². The number of rotatable bonds is 30. The van der Waals surface area contributed by atoms with E-state index in [1.165, 1.54) is 7.11 Å². The predicted octanol–water partition coefficient (Wildman–Crippen LogP) is 12.4. The van der Waals surface area contributed by atoms with Crippen LogP contribution in [0.1, 0.15) is 85.6 Å². The van der Waals surface area contributed by atoms with Gasteiger partial charge >= 0.3 is 23.9 Å². The number of carbonyl (C=O) groups excluding carboxylic acids is 4. The van der Waals surface area contributed by atoms with Gasteiger partial charge in [0, 0.05) is 0 Å². The first kappa shape index (κ1) is 69.6. The summed E-state index contributed by atoms with van der Waals surface area (Å²) in [6, 6.07) is 73.5. The molecule has 0 bridgehead atoms. The molecule has 0 spiro atoms. The van der Waals surface area contributed by atoms with Crippen molar-refractivity contribution in [3.8, 4) is 0 Å². The first-order valence-corrected chi connectivity index (χ1v) is 32.9. The van der Waals surface area contributed by atoms with Gasteiger partial charge < -0.3 is 66.3 Å². The maximum absolute atomic E-state index is 14.9. The van der Waals surface area contributed by atoms with Gasteiger partial charge in [0.25, 0.3) is 0 Å². The Balaban J connectivity index is 1.05. The van der Waals surface area contributed by atoms with Gasteiger partial charge in [-0.1, -0.05) is 213 Å². The fourth-order valence-corrected chi connectivity index (χ4v) is 12.3. The van der Waals surface area contributed by atoms with E-state index in [2.05, 4.69) is 0 Å². The van der Waals surface area contributed by atoms with Crippen LogP contribution in [0.4, 0.5) is 0 Å². The molecule has 3 fully saturated rings. The van der Waals surface area contributed by atoms with Crippen LogP contribution in [0.25, 0.3) is 0 Å². The SMILES string of the molecule is CCC1O[C@@H](O[C@@H]2C(COCc3ccccc3)O[C@@H](C)[C@@H](OCc3ccccc3)C2O[C@@H]2OC(COC(=O)c3ccccc3)[C@H](OC(=O)c3ccccc3)C(CC(=O)OC)[C@@H]2OC(=O)c2ccccc2)C(OCc2ccccc2)C(OCc2ccccc2)[C@@H]1OCc1ccccc1. The van der Waals surface area contributed by atoms with E-state index in [9.17, 15) is 19.2 Å². The summed E-state index contributed by atoms with van der Waals surface area (Å²) in [5.74, 6) is -4.45. The number of esters is 4. The molecule has 0 aromatic heterocycles. The summed E-state index contributed by atoms with van der Waals surface area (Å²) in [6.07, 6.45) is -16.3. The zero-order chi connectivity index (χ0) is 67.1. The minimum absolute atomic E-state index is 0.0515. The summed E-state index contributed by atoms with van der Waals surface area (Å²) in [6.45, 7) is 3.96. The molecule has 506 valence electrons. The third-order valence-electron chi connectivity index (χ3n) is 17.3. The molecule has 3 saturated heterocycles. The maximum Gasteiger partial charge on any atom is 0.338 e. The molecular weight excluding hydrogens is 1240 g/mol. The molecule has 0 saturated carbocycles. The van der Waals surface area contributed by atoms with E-state index in [0.29, 0.717) is 6.42 Å². The summed E-state index contributed by atoms with van der Waals surface area (Å²) in [5, 5.41) is 0. The average molecular weight is 1320 g/mol. The molecule has 0 aliphatic carbocycles. The zero-order valence-corrected chi connectivity index (χ0v) is 54.5. The van der Waals surface area contributed by atoms with Crippen LogP contribution < -0.4 is 0 Å². The highest BCUT2D eigenvalue weighted by atomic mass is 16.8. The maximum atomic E-state index is 14.9. The van der Waals surface area contributed by atoms with E-state index in [4.69, 9.17) is 66.3 Å². The number of ether oxygens (including phenoxy) is 14. The minimum atomic E-state index is -1.72. The Morgan fingerprint density at radius 1 is 0.361 bits per heavy atom. The molecule has 8 aromatic carbocycles. The molecule has 97 heavy (non-hydrogen) atoms. The molecule has 0 amide bonds. The normalized spacial score (nSPS) is 25.5. The molecule has 7 unspecified atom stereocenters. The molecule has 3 heterocycles.